The van der Waals surface area contributed by atoms with E-state index >= 15 is 0 Å². The van der Waals surface area contributed by atoms with Gasteiger partial charge in [0.1, 0.15) is 11.6 Å². The van der Waals surface area contributed by atoms with Crippen LogP contribution in [0, 0.1) is 11.2 Å². The number of hydrogen-bond donors (Lipinski definition) is 1. The Morgan fingerprint density at radius 1 is 1.21 bits per heavy atom. The van der Waals surface area contributed by atoms with Crippen LogP contribution in [0.5, 0.6) is 5.75 Å². The molecule has 3 saturated carbocycles. The maximum Gasteiger partial charge on any atom is 0.258 e. The van der Waals surface area contributed by atoms with Crippen LogP contribution in [-0.2, 0) is 4.79 Å². The van der Waals surface area contributed by atoms with Gasteiger partial charge in [-0.2, -0.15) is 0 Å². The van der Waals surface area contributed by atoms with E-state index in [4.69, 9.17) is 16.3 Å². The van der Waals surface area contributed by atoms with E-state index in [1.165, 1.54) is 12.1 Å². The van der Waals surface area contributed by atoms with E-state index in [0.29, 0.717) is 6.42 Å². The molecule has 29 heavy (non-hydrogen) atoms. The highest BCUT2D eigenvalue weighted by atomic mass is 35.5. The lowest BCUT2D eigenvalue weighted by Crippen LogP contribution is -2.75. The number of halogens is 2. The maximum absolute atomic E-state index is 13.4. The van der Waals surface area contributed by atoms with Crippen LogP contribution in [0.4, 0.5) is 4.39 Å². The van der Waals surface area contributed by atoms with Crippen LogP contribution >= 0.6 is 23.4 Å². The number of amides is 1. The number of Topliss-reactive ketones (excluding diaryl/α,β-unsaturated/α-hetero) is 1. The Bertz CT molecular complexity index is 961. The number of nitrogens with one attached hydrogen (secondary N) is 1. The van der Waals surface area contributed by atoms with Crippen LogP contribution < -0.4 is 10.1 Å². The molecule has 4 nitrogen and oxygen atoms in total. The molecule has 0 spiro atoms. The van der Waals surface area contributed by atoms with Crippen LogP contribution in [0.1, 0.15) is 36.0 Å². The van der Waals surface area contributed by atoms with Gasteiger partial charge in [-0.3, -0.25) is 9.59 Å². The predicted octanol–water partition coefficient (Wildman–Crippen LogP) is 4.89. The highest BCUT2D eigenvalue weighted by Gasteiger charge is 2.68. The van der Waals surface area contributed by atoms with Crippen molar-refractivity contribution in [3.63, 3.8) is 0 Å². The summed E-state index contributed by atoms with van der Waals surface area (Å²) < 4.78 is 18.8. The zero-order chi connectivity index (χ0) is 20.6. The van der Waals surface area contributed by atoms with Crippen LogP contribution in [0.25, 0.3) is 0 Å². The molecule has 2 aromatic carbocycles. The minimum absolute atomic E-state index is 0.00988. The summed E-state index contributed by atoms with van der Waals surface area (Å²) in [5.74, 6) is -0.400. The number of ketones is 1. The molecule has 0 atom stereocenters. The molecule has 2 aromatic rings. The monoisotopic (exact) mass is 433 g/mol. The smallest absolute Gasteiger partial charge is 0.258 e. The van der Waals surface area contributed by atoms with Crippen LogP contribution in [0.2, 0.25) is 5.02 Å². The summed E-state index contributed by atoms with van der Waals surface area (Å²) in [5, 5.41) is 3.03. The lowest BCUT2D eigenvalue weighted by Gasteiger charge is -2.70. The third kappa shape index (κ3) is 4.01. The van der Waals surface area contributed by atoms with Gasteiger partial charge in [-0.1, -0.05) is 29.8 Å². The SMILES string of the molecule is CSc1ccccc1C(=O)CC12CC(NC(=O)COc3ccc(Cl)c(F)c3)(C1)C2. The Labute approximate surface area is 178 Å². The first-order chi connectivity index (χ1) is 13.8. The van der Waals surface area contributed by atoms with E-state index in [-0.39, 0.29) is 40.0 Å². The molecule has 3 fully saturated rings. The highest BCUT2D eigenvalue weighted by molar-refractivity contribution is 7.98. The minimum atomic E-state index is -0.585. The number of ether oxygens (including phenoxy) is 1. The van der Waals surface area contributed by atoms with Gasteiger partial charge in [-0.05, 0) is 49.1 Å². The van der Waals surface area contributed by atoms with Gasteiger partial charge in [0.25, 0.3) is 5.91 Å². The van der Waals surface area contributed by atoms with E-state index in [0.717, 1.165) is 35.8 Å². The van der Waals surface area contributed by atoms with E-state index in [1.807, 2.05) is 30.5 Å². The van der Waals surface area contributed by atoms with Crippen molar-refractivity contribution in [1.82, 2.24) is 5.32 Å². The first kappa shape index (κ1) is 20.2. The third-order valence-corrected chi connectivity index (χ3v) is 6.85. The lowest BCUT2D eigenvalue weighted by molar-refractivity contribution is -0.164. The van der Waals surface area contributed by atoms with Gasteiger partial charge in [-0.25, -0.2) is 4.39 Å². The molecule has 0 heterocycles. The summed E-state index contributed by atoms with van der Waals surface area (Å²) >= 11 is 7.21. The lowest BCUT2D eigenvalue weighted by atomic mass is 9.38. The molecule has 0 saturated heterocycles. The molecular formula is C22H21ClFNO3S. The van der Waals surface area contributed by atoms with E-state index in [1.54, 1.807) is 11.8 Å². The number of rotatable bonds is 8. The van der Waals surface area contributed by atoms with Crippen molar-refractivity contribution in [3.05, 3.63) is 58.9 Å². The van der Waals surface area contributed by atoms with Gasteiger partial charge in [0, 0.05) is 28.5 Å². The van der Waals surface area contributed by atoms with Crippen LogP contribution in [-0.4, -0.2) is 30.1 Å². The number of carbonyl (C=O) groups is 2. The van der Waals surface area contributed by atoms with Crippen molar-refractivity contribution in [3.8, 4) is 5.75 Å². The molecule has 3 aliphatic carbocycles. The Morgan fingerprint density at radius 2 is 1.93 bits per heavy atom. The highest BCUT2D eigenvalue weighted by Crippen LogP contribution is 2.69. The number of carbonyl (C=O) groups excluding carboxylic acids is 2. The molecule has 1 amide bonds. The zero-order valence-electron chi connectivity index (χ0n) is 16.0. The predicted molar refractivity (Wildman–Crippen MR) is 111 cm³/mol. The Hall–Kier alpha value is -2.05. The topological polar surface area (TPSA) is 55.4 Å². The molecule has 0 unspecified atom stereocenters. The fourth-order valence-corrected chi connectivity index (χ4v) is 5.41. The van der Waals surface area contributed by atoms with Crippen LogP contribution in [0.15, 0.2) is 47.4 Å². The zero-order valence-corrected chi connectivity index (χ0v) is 17.5. The second kappa shape index (κ2) is 7.65. The fourth-order valence-electron chi connectivity index (χ4n) is 4.68. The van der Waals surface area contributed by atoms with Gasteiger partial charge < -0.3 is 10.1 Å². The normalized spacial score (nSPS) is 24.2. The van der Waals surface area contributed by atoms with Gasteiger partial charge in [0.2, 0.25) is 0 Å². The number of benzene rings is 2. The quantitative estimate of drug-likeness (QED) is 0.475. The van der Waals surface area contributed by atoms with Gasteiger partial charge >= 0.3 is 0 Å². The second-order valence-electron chi connectivity index (χ2n) is 8.02. The van der Waals surface area contributed by atoms with E-state index < -0.39 is 5.82 Å². The van der Waals surface area contributed by atoms with Gasteiger partial charge in [-0.15, -0.1) is 11.8 Å². The third-order valence-electron chi connectivity index (χ3n) is 5.75. The standard InChI is InChI=1S/C22H21ClFNO3S/c1-29-19-5-3-2-4-15(19)18(26)9-21-11-22(12-21,13-21)25-20(27)10-28-14-6-7-16(23)17(24)8-14/h2-8H,9-13H2,1H3,(H,25,27). The summed E-state index contributed by atoms with van der Waals surface area (Å²) in [6.45, 7) is -0.185. The fraction of sp³-hybridized carbons (Fsp3) is 0.364. The van der Waals surface area contributed by atoms with Crippen molar-refractivity contribution in [2.75, 3.05) is 12.9 Å². The molecule has 152 valence electrons. The molecule has 7 heteroatoms. The largest absolute Gasteiger partial charge is 0.484 e. The van der Waals surface area contributed by atoms with Gasteiger partial charge in [0.05, 0.1) is 5.02 Å². The summed E-state index contributed by atoms with van der Waals surface area (Å²) in [5.41, 5.74) is 0.576. The second-order valence-corrected chi connectivity index (χ2v) is 9.28. The summed E-state index contributed by atoms with van der Waals surface area (Å²) in [6.07, 6.45) is 4.93. The van der Waals surface area contributed by atoms with Gasteiger partial charge in [0.15, 0.2) is 12.4 Å². The van der Waals surface area contributed by atoms with Crippen molar-refractivity contribution in [1.29, 1.82) is 0 Å². The van der Waals surface area contributed by atoms with Crippen molar-refractivity contribution >= 4 is 35.1 Å². The van der Waals surface area contributed by atoms with Crippen molar-refractivity contribution in [2.24, 2.45) is 5.41 Å². The average molecular weight is 434 g/mol. The molecule has 0 aromatic heterocycles. The number of thioether (sulfide) groups is 1. The number of hydrogen-bond acceptors (Lipinski definition) is 4. The summed E-state index contributed by atoms with van der Waals surface area (Å²) in [4.78, 5) is 25.9. The minimum Gasteiger partial charge on any atom is -0.484 e. The molecule has 1 N–H and O–H groups in total. The molecule has 0 radical (unpaired) electrons. The molecule has 5 rings (SSSR count). The van der Waals surface area contributed by atoms with Crippen molar-refractivity contribution < 1.29 is 18.7 Å². The molecule has 2 bridgehead atoms. The average Bonchev–Trinajstić information content (AvgIpc) is 2.66. The van der Waals surface area contributed by atoms with Crippen molar-refractivity contribution in [2.45, 2.75) is 36.1 Å². The maximum atomic E-state index is 13.4. The Kier molecular flexibility index (Phi) is 5.34. The molecular weight excluding hydrogens is 413 g/mol. The first-order valence-electron chi connectivity index (χ1n) is 9.39. The summed E-state index contributed by atoms with van der Waals surface area (Å²) in [7, 11) is 0. The van der Waals surface area contributed by atoms with E-state index in [9.17, 15) is 14.0 Å². The van der Waals surface area contributed by atoms with E-state index in [2.05, 4.69) is 5.32 Å². The van der Waals surface area contributed by atoms with Crippen LogP contribution in [0.3, 0.4) is 0 Å². The Morgan fingerprint density at radius 3 is 2.62 bits per heavy atom. The molecule has 3 aliphatic rings. The first-order valence-corrected chi connectivity index (χ1v) is 11.0. The molecule has 0 aliphatic heterocycles. The Balaban J connectivity index is 1.26. The summed E-state index contributed by atoms with van der Waals surface area (Å²) in [6, 6.07) is 11.7.